The number of methoxy groups -OCH3 is 1. The summed E-state index contributed by atoms with van der Waals surface area (Å²) in [5.41, 5.74) is 6.52. The number of hydrogen-bond donors (Lipinski definition) is 0. The molecule has 1 atom stereocenters. The van der Waals surface area contributed by atoms with E-state index in [9.17, 15) is 4.79 Å². The van der Waals surface area contributed by atoms with Gasteiger partial charge in [0, 0.05) is 17.7 Å². The summed E-state index contributed by atoms with van der Waals surface area (Å²) >= 11 is 6.61. The van der Waals surface area contributed by atoms with Crippen molar-refractivity contribution in [1.29, 1.82) is 0 Å². The van der Waals surface area contributed by atoms with Crippen LogP contribution in [0.3, 0.4) is 0 Å². The van der Waals surface area contributed by atoms with Crippen molar-refractivity contribution in [1.82, 2.24) is 14.5 Å². The van der Waals surface area contributed by atoms with Crippen molar-refractivity contribution >= 4 is 28.7 Å². The van der Waals surface area contributed by atoms with E-state index >= 15 is 0 Å². The number of nitrogens with zero attached hydrogens (tertiary/aromatic N) is 3. The van der Waals surface area contributed by atoms with E-state index in [1.165, 1.54) is 7.11 Å². The summed E-state index contributed by atoms with van der Waals surface area (Å²) in [6, 6.07) is 15.2. The monoisotopic (exact) mass is 477 g/mol. The first-order valence-corrected chi connectivity index (χ1v) is 11.6. The van der Waals surface area contributed by atoms with Crippen molar-refractivity contribution < 1.29 is 14.3 Å². The van der Waals surface area contributed by atoms with E-state index in [2.05, 4.69) is 18.4 Å². The predicted molar refractivity (Wildman–Crippen MR) is 133 cm³/mol. The average molecular weight is 478 g/mol. The molecule has 1 unspecified atom stereocenters. The molecule has 2 heterocycles. The maximum Gasteiger partial charge on any atom is 0.351 e. The lowest BCUT2D eigenvalue weighted by Gasteiger charge is -2.20. The molecule has 34 heavy (non-hydrogen) atoms. The molecule has 176 valence electrons. The number of benzene rings is 2. The Balaban J connectivity index is 1.65. The van der Waals surface area contributed by atoms with Crippen molar-refractivity contribution in [3.63, 3.8) is 0 Å². The van der Waals surface area contributed by atoms with Gasteiger partial charge in [-0.05, 0) is 55.7 Å². The molecule has 2 aromatic carbocycles. The number of aromatic nitrogens is 3. The van der Waals surface area contributed by atoms with E-state index in [0.717, 1.165) is 51.4 Å². The number of carbonyl (C=O) groups excluding carboxylic acids is 1. The van der Waals surface area contributed by atoms with Crippen molar-refractivity contribution in [2.24, 2.45) is 0 Å². The molecule has 6 nitrogen and oxygen atoms in total. The molecule has 0 aliphatic heterocycles. The summed E-state index contributed by atoms with van der Waals surface area (Å²) in [5, 5.41) is 0.419. The number of ether oxygens (including phenoxy) is 2. The Morgan fingerprint density at radius 2 is 1.82 bits per heavy atom. The summed E-state index contributed by atoms with van der Waals surface area (Å²) < 4.78 is 13.2. The highest BCUT2D eigenvalue weighted by Gasteiger charge is 2.26. The number of rotatable bonds is 7. The first-order chi connectivity index (χ1) is 16.3. The molecule has 7 heteroatoms. The number of pyridine rings is 1. The summed E-state index contributed by atoms with van der Waals surface area (Å²) in [6.07, 6.45) is -0.116. The van der Waals surface area contributed by atoms with Crippen LogP contribution in [0.1, 0.15) is 46.8 Å². The number of imidazole rings is 1. The number of fused-ring (bicyclic) bond motifs is 1. The highest BCUT2D eigenvalue weighted by molar-refractivity contribution is 6.32. The maximum atomic E-state index is 12.5. The van der Waals surface area contributed by atoms with Crippen molar-refractivity contribution in [3.8, 4) is 5.75 Å². The van der Waals surface area contributed by atoms with Crippen LogP contribution in [0.25, 0.3) is 11.2 Å². The molecular weight excluding hydrogens is 450 g/mol. The number of esters is 1. The highest BCUT2D eigenvalue weighted by Crippen LogP contribution is 2.32. The molecule has 4 aromatic rings. The minimum absolute atomic E-state index is 0.417. The van der Waals surface area contributed by atoms with E-state index < -0.39 is 12.1 Å². The van der Waals surface area contributed by atoms with Gasteiger partial charge >= 0.3 is 5.97 Å². The molecule has 0 saturated heterocycles. The topological polar surface area (TPSA) is 66.2 Å². The second-order valence-electron chi connectivity index (χ2n) is 8.36. The fourth-order valence-electron chi connectivity index (χ4n) is 4.16. The largest absolute Gasteiger partial charge is 0.472 e. The van der Waals surface area contributed by atoms with E-state index in [4.69, 9.17) is 31.0 Å². The van der Waals surface area contributed by atoms with E-state index in [1.807, 2.05) is 56.3 Å². The van der Waals surface area contributed by atoms with E-state index in [0.29, 0.717) is 17.3 Å². The average Bonchev–Trinajstić information content (AvgIpc) is 3.16. The first-order valence-electron chi connectivity index (χ1n) is 11.2. The zero-order valence-corrected chi connectivity index (χ0v) is 20.8. The molecule has 4 rings (SSSR count). The quantitative estimate of drug-likeness (QED) is 0.309. The van der Waals surface area contributed by atoms with Crippen LogP contribution in [0.2, 0.25) is 5.02 Å². The van der Waals surface area contributed by atoms with Crippen LogP contribution in [0.5, 0.6) is 5.75 Å². The molecule has 0 amide bonds. The van der Waals surface area contributed by atoms with Crippen LogP contribution in [0.4, 0.5) is 0 Å². The van der Waals surface area contributed by atoms with Crippen molar-refractivity contribution in [2.45, 2.75) is 46.8 Å². The van der Waals surface area contributed by atoms with Gasteiger partial charge in [-0.1, -0.05) is 48.9 Å². The van der Waals surface area contributed by atoms with Gasteiger partial charge in [0.2, 0.25) is 6.10 Å². The number of aryl methyl sites for hydroxylation is 4. The number of hydrogen-bond acceptors (Lipinski definition) is 5. The minimum atomic E-state index is -0.908. The van der Waals surface area contributed by atoms with Crippen LogP contribution in [0.15, 0.2) is 48.5 Å². The van der Waals surface area contributed by atoms with Crippen LogP contribution in [0, 0.1) is 20.8 Å². The Labute approximate surface area is 204 Å². The second kappa shape index (κ2) is 9.85. The van der Waals surface area contributed by atoms with Crippen LogP contribution < -0.4 is 4.74 Å². The Hall–Kier alpha value is -3.38. The molecule has 0 spiro atoms. The summed E-state index contributed by atoms with van der Waals surface area (Å²) in [7, 11) is 1.35. The molecular formula is C27H28ClN3O3. The number of halogens is 1. The molecule has 2 aromatic heterocycles. The summed E-state index contributed by atoms with van der Waals surface area (Å²) in [6.45, 7) is 8.64. The van der Waals surface area contributed by atoms with Crippen LogP contribution in [-0.4, -0.2) is 27.6 Å². The summed E-state index contributed by atoms with van der Waals surface area (Å²) in [4.78, 5) is 22.1. The van der Waals surface area contributed by atoms with Crippen molar-refractivity contribution in [2.75, 3.05) is 7.11 Å². The smallest absolute Gasteiger partial charge is 0.351 e. The van der Waals surface area contributed by atoms with Crippen molar-refractivity contribution in [3.05, 3.63) is 87.3 Å². The predicted octanol–water partition coefficient (Wildman–Crippen LogP) is 5.91. The molecule has 0 N–H and O–H groups in total. The van der Waals surface area contributed by atoms with Crippen LogP contribution in [-0.2, 0) is 22.5 Å². The van der Waals surface area contributed by atoms with Gasteiger partial charge < -0.3 is 14.0 Å². The highest BCUT2D eigenvalue weighted by atomic mass is 35.5. The molecule has 0 saturated carbocycles. The molecule has 0 aliphatic carbocycles. The van der Waals surface area contributed by atoms with Gasteiger partial charge in [0.05, 0.1) is 18.7 Å². The van der Waals surface area contributed by atoms with Crippen LogP contribution >= 0.6 is 11.6 Å². The SMILES string of the molecule is CCc1nc2c(C)cc(C)nc2n1Cc1ccc(OC(C(=O)OC)c2ccccc2C)c(Cl)c1. The molecule has 0 radical (unpaired) electrons. The Morgan fingerprint density at radius 3 is 2.50 bits per heavy atom. The molecule has 0 aliphatic rings. The standard InChI is InChI=1S/C27H28ClN3O3/c1-6-23-30-24-17(3)13-18(4)29-26(24)31(23)15-19-11-12-22(21(28)14-19)34-25(27(32)33-5)20-10-8-7-9-16(20)2/h7-14,25H,6,15H2,1-5H3. The van der Waals surface area contributed by atoms with Gasteiger partial charge in [-0.15, -0.1) is 0 Å². The Kier molecular flexibility index (Phi) is 6.89. The third-order valence-corrected chi connectivity index (χ3v) is 6.18. The first kappa shape index (κ1) is 23.8. The lowest BCUT2D eigenvalue weighted by Crippen LogP contribution is -2.21. The fourth-order valence-corrected chi connectivity index (χ4v) is 4.41. The van der Waals surface area contributed by atoms with Gasteiger partial charge in [-0.3, -0.25) is 0 Å². The molecule has 0 bridgehead atoms. The molecule has 0 fully saturated rings. The zero-order chi connectivity index (χ0) is 24.4. The Bertz CT molecular complexity index is 1360. The van der Waals surface area contributed by atoms with E-state index in [-0.39, 0.29) is 0 Å². The lowest BCUT2D eigenvalue weighted by molar-refractivity contribution is -0.149. The van der Waals surface area contributed by atoms with Gasteiger partial charge in [0.25, 0.3) is 0 Å². The van der Waals surface area contributed by atoms with Gasteiger partial charge in [-0.2, -0.15) is 0 Å². The zero-order valence-electron chi connectivity index (χ0n) is 20.1. The third-order valence-electron chi connectivity index (χ3n) is 5.89. The van der Waals surface area contributed by atoms with Gasteiger partial charge in [0.1, 0.15) is 17.1 Å². The van der Waals surface area contributed by atoms with E-state index in [1.54, 1.807) is 6.07 Å². The second-order valence-corrected chi connectivity index (χ2v) is 8.77. The summed E-state index contributed by atoms with van der Waals surface area (Å²) in [5.74, 6) is 0.904. The Morgan fingerprint density at radius 1 is 1.06 bits per heavy atom. The van der Waals surface area contributed by atoms with Gasteiger partial charge in [0.15, 0.2) is 5.65 Å². The normalized spacial score (nSPS) is 12.1. The fraction of sp³-hybridized carbons (Fsp3) is 0.296. The number of carbonyl (C=O) groups is 1. The third kappa shape index (κ3) is 4.64. The minimum Gasteiger partial charge on any atom is -0.472 e. The van der Waals surface area contributed by atoms with Gasteiger partial charge in [-0.25, -0.2) is 14.8 Å². The lowest BCUT2D eigenvalue weighted by atomic mass is 10.0. The maximum absolute atomic E-state index is 12.5.